The van der Waals surface area contributed by atoms with E-state index < -0.39 is 0 Å². The van der Waals surface area contributed by atoms with Crippen LogP contribution in [0.25, 0.3) is 10.9 Å². The molecule has 0 spiro atoms. The first-order valence-corrected chi connectivity index (χ1v) is 14.3. The molecule has 0 atom stereocenters. The Balaban J connectivity index is 1.42. The SMILES string of the molecule is CCN(CC)c1nc(NN=Cc2cn(Cc3ccc(Cl)cc3Cl)c3ccccc23)nc(Nc2ccc(C)c(Cl)c2)n1. The molecule has 0 radical (unpaired) electrons. The number of nitrogens with one attached hydrogen (secondary N) is 2. The lowest BCUT2D eigenvalue weighted by Gasteiger charge is -2.19. The summed E-state index contributed by atoms with van der Waals surface area (Å²) in [7, 11) is 0. The number of hydrogen-bond acceptors (Lipinski definition) is 7. The van der Waals surface area contributed by atoms with Gasteiger partial charge in [0.15, 0.2) is 0 Å². The minimum Gasteiger partial charge on any atom is -0.342 e. The van der Waals surface area contributed by atoms with Crippen molar-refractivity contribution in [2.75, 3.05) is 28.7 Å². The van der Waals surface area contributed by atoms with Gasteiger partial charge >= 0.3 is 0 Å². The van der Waals surface area contributed by atoms with E-state index in [1.165, 1.54) is 0 Å². The Labute approximate surface area is 254 Å². The molecule has 0 aliphatic carbocycles. The van der Waals surface area contributed by atoms with Gasteiger partial charge in [0.05, 0.1) is 6.21 Å². The van der Waals surface area contributed by atoms with Gasteiger partial charge in [0.1, 0.15) is 0 Å². The number of para-hydroxylation sites is 1. The van der Waals surface area contributed by atoms with Crippen LogP contribution >= 0.6 is 34.8 Å². The Morgan fingerprint density at radius 2 is 1.68 bits per heavy atom. The Morgan fingerprint density at radius 3 is 2.44 bits per heavy atom. The first-order valence-electron chi connectivity index (χ1n) is 13.2. The number of aryl methyl sites for hydroxylation is 1. The molecule has 0 amide bonds. The number of aromatic nitrogens is 4. The van der Waals surface area contributed by atoms with Gasteiger partial charge in [-0.2, -0.15) is 20.1 Å². The maximum Gasteiger partial charge on any atom is 0.250 e. The summed E-state index contributed by atoms with van der Waals surface area (Å²) in [4.78, 5) is 15.8. The maximum absolute atomic E-state index is 6.45. The Hall–Kier alpha value is -3.85. The molecule has 2 N–H and O–H groups in total. The second-order valence-electron chi connectivity index (χ2n) is 9.38. The molecule has 2 aromatic heterocycles. The number of hydrogen-bond donors (Lipinski definition) is 2. The molecular formula is C30H29Cl3N8. The zero-order chi connectivity index (χ0) is 28.9. The lowest BCUT2D eigenvalue weighted by atomic mass is 10.2. The number of halogens is 3. The molecule has 0 fully saturated rings. The summed E-state index contributed by atoms with van der Waals surface area (Å²) in [5, 5.41) is 10.7. The van der Waals surface area contributed by atoms with Crippen LogP contribution in [0.2, 0.25) is 15.1 Å². The third-order valence-corrected chi connectivity index (χ3v) is 7.64. The monoisotopic (exact) mass is 606 g/mol. The number of anilines is 4. The number of benzene rings is 3. The molecule has 11 heteroatoms. The molecule has 5 aromatic rings. The van der Waals surface area contributed by atoms with Gasteiger partial charge in [0.25, 0.3) is 0 Å². The van der Waals surface area contributed by atoms with Crippen molar-refractivity contribution in [2.45, 2.75) is 27.3 Å². The van der Waals surface area contributed by atoms with E-state index >= 15 is 0 Å². The molecule has 210 valence electrons. The van der Waals surface area contributed by atoms with Gasteiger partial charge in [-0.1, -0.05) is 65.1 Å². The average molecular weight is 608 g/mol. The fraction of sp³-hybridized carbons (Fsp3) is 0.200. The van der Waals surface area contributed by atoms with Gasteiger partial charge in [-0.3, -0.25) is 0 Å². The molecule has 3 aromatic carbocycles. The van der Waals surface area contributed by atoms with Crippen LogP contribution in [0.3, 0.4) is 0 Å². The Kier molecular flexibility index (Phi) is 8.93. The molecule has 0 aliphatic rings. The van der Waals surface area contributed by atoms with Crippen LogP contribution in [0.4, 0.5) is 23.5 Å². The topological polar surface area (TPSA) is 83.3 Å². The van der Waals surface area contributed by atoms with E-state index in [1.807, 2.05) is 60.5 Å². The van der Waals surface area contributed by atoms with Crippen molar-refractivity contribution < 1.29 is 0 Å². The Bertz CT molecular complexity index is 1710. The van der Waals surface area contributed by atoms with E-state index in [9.17, 15) is 0 Å². The van der Waals surface area contributed by atoms with Gasteiger partial charge in [-0.15, -0.1) is 0 Å². The van der Waals surface area contributed by atoms with Crippen LogP contribution in [-0.2, 0) is 6.54 Å². The first kappa shape index (κ1) is 28.7. The van der Waals surface area contributed by atoms with Crippen LogP contribution in [0.15, 0.2) is 72.0 Å². The molecule has 0 saturated heterocycles. The lowest BCUT2D eigenvalue weighted by molar-refractivity contribution is 0.814. The van der Waals surface area contributed by atoms with Crippen molar-refractivity contribution in [3.8, 4) is 0 Å². The van der Waals surface area contributed by atoms with Crippen LogP contribution in [0.1, 0.15) is 30.5 Å². The molecule has 0 aliphatic heterocycles. The van der Waals surface area contributed by atoms with E-state index in [2.05, 4.69) is 61.3 Å². The second-order valence-corrected chi connectivity index (χ2v) is 10.6. The molecule has 8 nitrogen and oxygen atoms in total. The van der Waals surface area contributed by atoms with Crippen molar-refractivity contribution in [3.63, 3.8) is 0 Å². The molecule has 0 unspecified atom stereocenters. The highest BCUT2D eigenvalue weighted by atomic mass is 35.5. The lowest BCUT2D eigenvalue weighted by Crippen LogP contribution is -2.25. The summed E-state index contributed by atoms with van der Waals surface area (Å²) in [5.41, 5.74) is 7.73. The van der Waals surface area contributed by atoms with Crippen LogP contribution in [0, 0.1) is 6.92 Å². The highest BCUT2D eigenvalue weighted by Gasteiger charge is 2.13. The van der Waals surface area contributed by atoms with Gasteiger partial charge in [-0.25, -0.2) is 5.43 Å². The molecular weight excluding hydrogens is 579 g/mol. The zero-order valence-electron chi connectivity index (χ0n) is 22.9. The second kappa shape index (κ2) is 12.8. The average Bonchev–Trinajstić information content (AvgIpc) is 3.30. The van der Waals surface area contributed by atoms with Gasteiger partial charge in [0.2, 0.25) is 17.8 Å². The highest BCUT2D eigenvalue weighted by molar-refractivity contribution is 6.35. The minimum absolute atomic E-state index is 0.315. The van der Waals surface area contributed by atoms with E-state index in [0.29, 0.717) is 39.5 Å². The van der Waals surface area contributed by atoms with Crippen molar-refractivity contribution in [1.82, 2.24) is 19.5 Å². The molecule has 41 heavy (non-hydrogen) atoms. The molecule has 0 saturated carbocycles. The fourth-order valence-corrected chi connectivity index (χ4v) is 5.07. The van der Waals surface area contributed by atoms with Crippen LogP contribution in [0.5, 0.6) is 0 Å². The molecule has 2 heterocycles. The van der Waals surface area contributed by atoms with Gasteiger partial charge in [-0.05, 0) is 62.2 Å². The third-order valence-electron chi connectivity index (χ3n) is 6.64. The number of nitrogens with zero attached hydrogens (tertiary/aromatic N) is 6. The standard InChI is InChI=1S/C30H29Cl3N8/c1-4-40(5-2)30-37-28(35-23-13-10-19(3)25(32)15-23)36-29(38-30)39-34-16-21-18-41(27-9-7-6-8-24(21)27)17-20-11-12-22(31)14-26(20)33/h6-16,18H,4-5,17H2,1-3H3,(H2,35,36,37,38,39). The van der Waals surface area contributed by atoms with Crippen molar-refractivity contribution >= 4 is 75.5 Å². The van der Waals surface area contributed by atoms with Crippen LogP contribution < -0.4 is 15.6 Å². The van der Waals surface area contributed by atoms with Gasteiger partial charge in [0, 0.05) is 63.1 Å². The smallest absolute Gasteiger partial charge is 0.250 e. The van der Waals surface area contributed by atoms with Crippen molar-refractivity contribution in [2.24, 2.45) is 5.10 Å². The maximum atomic E-state index is 6.45. The summed E-state index contributed by atoms with van der Waals surface area (Å²) in [6.07, 6.45) is 3.81. The van der Waals surface area contributed by atoms with Gasteiger partial charge < -0.3 is 14.8 Å². The molecule has 5 rings (SSSR count). The Morgan fingerprint density at radius 1 is 0.902 bits per heavy atom. The highest BCUT2D eigenvalue weighted by Crippen LogP contribution is 2.26. The zero-order valence-corrected chi connectivity index (χ0v) is 25.1. The van der Waals surface area contributed by atoms with Crippen molar-refractivity contribution in [3.05, 3.63) is 98.6 Å². The summed E-state index contributed by atoms with van der Waals surface area (Å²) in [6.45, 7) is 8.15. The number of hydrazone groups is 1. The normalized spacial score (nSPS) is 11.4. The number of rotatable bonds is 10. The first-order chi connectivity index (χ1) is 19.8. The van der Waals surface area contributed by atoms with Crippen LogP contribution in [-0.4, -0.2) is 38.8 Å². The number of fused-ring (bicyclic) bond motifs is 1. The summed E-state index contributed by atoms with van der Waals surface area (Å²) in [5.74, 6) is 1.24. The summed E-state index contributed by atoms with van der Waals surface area (Å²) >= 11 is 18.9. The quantitative estimate of drug-likeness (QED) is 0.123. The van der Waals surface area contributed by atoms with E-state index in [1.54, 1.807) is 12.3 Å². The fourth-order valence-electron chi connectivity index (χ4n) is 4.42. The summed E-state index contributed by atoms with van der Waals surface area (Å²) < 4.78 is 2.14. The van der Waals surface area contributed by atoms with Crippen molar-refractivity contribution in [1.29, 1.82) is 0 Å². The predicted octanol–water partition coefficient (Wildman–Crippen LogP) is 8.18. The van der Waals surface area contributed by atoms with E-state index in [4.69, 9.17) is 34.8 Å². The summed E-state index contributed by atoms with van der Waals surface area (Å²) in [6, 6.07) is 19.4. The molecule has 0 bridgehead atoms. The van der Waals surface area contributed by atoms with E-state index in [0.717, 1.165) is 46.4 Å². The predicted molar refractivity (Wildman–Crippen MR) is 172 cm³/mol. The van der Waals surface area contributed by atoms with E-state index in [-0.39, 0.29) is 0 Å². The third kappa shape index (κ3) is 6.73. The largest absolute Gasteiger partial charge is 0.342 e. The minimum atomic E-state index is 0.315.